The van der Waals surface area contributed by atoms with E-state index in [9.17, 15) is 4.79 Å². The van der Waals surface area contributed by atoms with Crippen molar-refractivity contribution < 1.29 is 13.9 Å². The third-order valence-electron chi connectivity index (χ3n) is 4.14. The van der Waals surface area contributed by atoms with E-state index < -0.39 is 0 Å². The van der Waals surface area contributed by atoms with Crippen molar-refractivity contribution in [2.75, 3.05) is 10.6 Å². The number of carbonyl (C=O) groups is 1. The van der Waals surface area contributed by atoms with Gasteiger partial charge in [-0.3, -0.25) is 9.78 Å². The molecule has 2 aromatic carbocycles. The fourth-order valence-corrected chi connectivity index (χ4v) is 2.70. The SMILES string of the molecule is O=C(Nc1ccc(Oc2ccccc2)cc1)c1cncc(NCc2ccco2)c1. The number of ether oxygens (including phenoxy) is 1. The standard InChI is InChI=1S/C23H19N3O3/c27-23(17-13-19(15-24-14-17)25-16-22-7-4-12-28-22)26-18-8-10-21(11-9-18)29-20-5-2-1-3-6-20/h1-15,25H,16H2,(H,26,27). The van der Waals surface area contributed by atoms with Gasteiger partial charge in [0.2, 0.25) is 0 Å². The van der Waals surface area contributed by atoms with Gasteiger partial charge in [0.1, 0.15) is 17.3 Å². The Labute approximate surface area is 168 Å². The quantitative estimate of drug-likeness (QED) is 0.450. The summed E-state index contributed by atoms with van der Waals surface area (Å²) >= 11 is 0. The van der Waals surface area contributed by atoms with Gasteiger partial charge in [-0.1, -0.05) is 18.2 Å². The highest BCUT2D eigenvalue weighted by atomic mass is 16.5. The van der Waals surface area contributed by atoms with E-state index >= 15 is 0 Å². The average Bonchev–Trinajstić information content (AvgIpc) is 3.28. The summed E-state index contributed by atoms with van der Waals surface area (Å²) in [6.45, 7) is 0.516. The van der Waals surface area contributed by atoms with Crippen molar-refractivity contribution in [3.05, 3.63) is 103 Å². The van der Waals surface area contributed by atoms with Crippen molar-refractivity contribution in [1.82, 2.24) is 4.98 Å². The number of carbonyl (C=O) groups excluding carboxylic acids is 1. The van der Waals surface area contributed by atoms with Crippen LogP contribution in [0.3, 0.4) is 0 Å². The molecule has 0 bridgehead atoms. The monoisotopic (exact) mass is 385 g/mol. The van der Waals surface area contributed by atoms with E-state index in [4.69, 9.17) is 9.15 Å². The van der Waals surface area contributed by atoms with E-state index in [1.807, 2.05) is 54.6 Å². The van der Waals surface area contributed by atoms with Crippen LogP contribution >= 0.6 is 0 Å². The zero-order chi connectivity index (χ0) is 19.9. The summed E-state index contributed by atoms with van der Waals surface area (Å²) in [6, 6.07) is 22.2. The highest BCUT2D eigenvalue weighted by Gasteiger charge is 2.08. The number of para-hydroxylation sites is 1. The summed E-state index contributed by atoms with van der Waals surface area (Å²) in [5.41, 5.74) is 1.86. The van der Waals surface area contributed by atoms with E-state index in [1.54, 1.807) is 30.7 Å². The van der Waals surface area contributed by atoms with Crippen molar-refractivity contribution in [1.29, 1.82) is 0 Å². The molecule has 0 spiro atoms. The van der Waals surface area contributed by atoms with Crippen LogP contribution < -0.4 is 15.4 Å². The minimum absolute atomic E-state index is 0.240. The van der Waals surface area contributed by atoms with E-state index in [0.717, 1.165) is 17.2 Å². The van der Waals surface area contributed by atoms with Gasteiger partial charge >= 0.3 is 0 Å². The molecule has 0 aliphatic carbocycles. The molecule has 0 atom stereocenters. The Morgan fingerprint density at radius 2 is 1.69 bits per heavy atom. The molecule has 2 heterocycles. The highest BCUT2D eigenvalue weighted by Crippen LogP contribution is 2.23. The van der Waals surface area contributed by atoms with Crippen LogP contribution in [-0.2, 0) is 6.54 Å². The number of pyridine rings is 1. The van der Waals surface area contributed by atoms with Gasteiger partial charge in [-0.2, -0.15) is 0 Å². The first-order chi connectivity index (χ1) is 14.3. The van der Waals surface area contributed by atoms with Crippen LogP contribution in [0.15, 0.2) is 95.9 Å². The molecular formula is C23H19N3O3. The molecule has 4 rings (SSSR count). The van der Waals surface area contributed by atoms with Crippen LogP contribution in [0.1, 0.15) is 16.1 Å². The van der Waals surface area contributed by atoms with Crippen LogP contribution in [0, 0.1) is 0 Å². The molecule has 0 saturated heterocycles. The number of aromatic nitrogens is 1. The van der Waals surface area contributed by atoms with Crippen LogP contribution in [0.2, 0.25) is 0 Å². The molecule has 6 nitrogen and oxygen atoms in total. The minimum atomic E-state index is -0.240. The Kier molecular flexibility index (Phi) is 5.53. The van der Waals surface area contributed by atoms with Gasteiger partial charge in [0.15, 0.2) is 0 Å². The molecule has 0 saturated carbocycles. The van der Waals surface area contributed by atoms with E-state index in [1.165, 1.54) is 6.20 Å². The Morgan fingerprint density at radius 1 is 0.897 bits per heavy atom. The lowest BCUT2D eigenvalue weighted by molar-refractivity contribution is 0.102. The van der Waals surface area contributed by atoms with Gasteiger partial charge in [0, 0.05) is 18.1 Å². The molecular weight excluding hydrogens is 366 g/mol. The topological polar surface area (TPSA) is 76.4 Å². The molecule has 144 valence electrons. The summed E-state index contributed by atoms with van der Waals surface area (Å²) in [5, 5.41) is 6.05. The summed E-state index contributed by atoms with van der Waals surface area (Å²) in [5.74, 6) is 2.02. The van der Waals surface area contributed by atoms with E-state index in [2.05, 4.69) is 15.6 Å². The van der Waals surface area contributed by atoms with Crippen molar-refractivity contribution in [3.8, 4) is 11.5 Å². The Hall–Kier alpha value is -4.06. The van der Waals surface area contributed by atoms with Crippen molar-refractivity contribution >= 4 is 17.3 Å². The lowest BCUT2D eigenvalue weighted by Gasteiger charge is -2.09. The van der Waals surface area contributed by atoms with Crippen LogP contribution in [0.4, 0.5) is 11.4 Å². The van der Waals surface area contributed by atoms with E-state index in [0.29, 0.717) is 23.5 Å². The number of furan rings is 1. The van der Waals surface area contributed by atoms with Gasteiger partial charge in [0.05, 0.1) is 24.1 Å². The van der Waals surface area contributed by atoms with Gasteiger partial charge in [-0.05, 0) is 54.6 Å². The molecule has 6 heteroatoms. The molecule has 29 heavy (non-hydrogen) atoms. The molecule has 0 aliphatic heterocycles. The molecule has 2 N–H and O–H groups in total. The summed E-state index contributed by atoms with van der Waals surface area (Å²) < 4.78 is 11.0. The number of benzene rings is 2. The predicted octanol–water partition coefficient (Wildman–Crippen LogP) is 5.33. The van der Waals surface area contributed by atoms with Gasteiger partial charge in [-0.25, -0.2) is 0 Å². The minimum Gasteiger partial charge on any atom is -0.467 e. The van der Waals surface area contributed by atoms with Crippen LogP contribution in [0.25, 0.3) is 0 Å². The summed E-state index contributed by atoms with van der Waals surface area (Å²) in [7, 11) is 0. The first-order valence-corrected chi connectivity index (χ1v) is 9.12. The van der Waals surface area contributed by atoms with Crippen molar-refractivity contribution in [3.63, 3.8) is 0 Å². The van der Waals surface area contributed by atoms with Gasteiger partial charge < -0.3 is 19.8 Å². The van der Waals surface area contributed by atoms with Crippen molar-refractivity contribution in [2.24, 2.45) is 0 Å². The Bertz CT molecular complexity index is 1060. The van der Waals surface area contributed by atoms with Gasteiger partial charge in [0.25, 0.3) is 5.91 Å². The van der Waals surface area contributed by atoms with Crippen LogP contribution in [0.5, 0.6) is 11.5 Å². The third kappa shape index (κ3) is 5.01. The normalized spacial score (nSPS) is 10.3. The van der Waals surface area contributed by atoms with E-state index in [-0.39, 0.29) is 5.91 Å². The van der Waals surface area contributed by atoms with Crippen LogP contribution in [-0.4, -0.2) is 10.9 Å². The Balaban J connectivity index is 1.36. The maximum atomic E-state index is 12.5. The molecule has 2 aromatic heterocycles. The zero-order valence-electron chi connectivity index (χ0n) is 15.5. The summed E-state index contributed by atoms with van der Waals surface area (Å²) in [4.78, 5) is 16.7. The molecule has 0 radical (unpaired) electrons. The molecule has 1 amide bonds. The molecule has 0 fully saturated rings. The average molecular weight is 385 g/mol. The predicted molar refractivity (Wildman–Crippen MR) is 111 cm³/mol. The number of hydrogen-bond acceptors (Lipinski definition) is 5. The fraction of sp³-hybridized carbons (Fsp3) is 0.0435. The first kappa shape index (κ1) is 18.3. The maximum Gasteiger partial charge on any atom is 0.257 e. The number of nitrogens with zero attached hydrogens (tertiary/aromatic N) is 1. The smallest absolute Gasteiger partial charge is 0.257 e. The van der Waals surface area contributed by atoms with Crippen molar-refractivity contribution in [2.45, 2.75) is 6.54 Å². The molecule has 0 unspecified atom stereocenters. The first-order valence-electron chi connectivity index (χ1n) is 9.12. The second-order valence-electron chi connectivity index (χ2n) is 6.29. The fourth-order valence-electron chi connectivity index (χ4n) is 2.70. The number of rotatable bonds is 7. The summed E-state index contributed by atoms with van der Waals surface area (Å²) in [6.07, 6.45) is 4.81. The number of hydrogen-bond donors (Lipinski definition) is 2. The second kappa shape index (κ2) is 8.75. The lowest BCUT2D eigenvalue weighted by Crippen LogP contribution is -2.12. The number of amides is 1. The third-order valence-corrected chi connectivity index (χ3v) is 4.14. The number of anilines is 2. The highest BCUT2D eigenvalue weighted by molar-refractivity contribution is 6.04. The zero-order valence-corrected chi connectivity index (χ0v) is 15.5. The maximum absolute atomic E-state index is 12.5. The number of nitrogens with one attached hydrogen (secondary N) is 2. The molecule has 0 aliphatic rings. The van der Waals surface area contributed by atoms with Gasteiger partial charge in [-0.15, -0.1) is 0 Å². The Morgan fingerprint density at radius 3 is 2.45 bits per heavy atom. The second-order valence-corrected chi connectivity index (χ2v) is 6.29. The largest absolute Gasteiger partial charge is 0.467 e. The molecule has 4 aromatic rings. The lowest BCUT2D eigenvalue weighted by atomic mass is 10.2.